The second kappa shape index (κ2) is 6.60. The second-order valence-electron chi connectivity index (χ2n) is 6.01. The summed E-state index contributed by atoms with van der Waals surface area (Å²) in [5.74, 6) is 0. The fourth-order valence-electron chi connectivity index (χ4n) is 2.74. The summed E-state index contributed by atoms with van der Waals surface area (Å²) in [6, 6.07) is 11.3. The highest BCUT2D eigenvalue weighted by Crippen LogP contribution is 2.23. The van der Waals surface area contributed by atoms with Crippen LogP contribution in [0.4, 0.5) is 16.2 Å². The zero-order valence-electron chi connectivity index (χ0n) is 13.3. The Labute approximate surface area is 141 Å². The van der Waals surface area contributed by atoms with Crippen LogP contribution in [-0.2, 0) is 13.0 Å². The van der Waals surface area contributed by atoms with Crippen molar-refractivity contribution in [2.45, 2.75) is 19.9 Å². The molecule has 2 aromatic carbocycles. The Hall–Kier alpha value is -2.04. The normalized spacial score (nSPS) is 14.2. The van der Waals surface area contributed by atoms with Gasteiger partial charge < -0.3 is 15.5 Å². The van der Waals surface area contributed by atoms with E-state index in [0.717, 1.165) is 30.8 Å². The number of nitrogens with one attached hydrogen (secondary N) is 2. The number of anilines is 2. The van der Waals surface area contributed by atoms with Crippen molar-refractivity contribution in [1.82, 2.24) is 4.90 Å². The highest BCUT2D eigenvalue weighted by Gasteiger charge is 2.14. The number of amides is 2. The van der Waals surface area contributed by atoms with Gasteiger partial charge in [0.2, 0.25) is 0 Å². The number of halogens is 1. The van der Waals surface area contributed by atoms with Gasteiger partial charge in [-0.05, 0) is 61.3 Å². The lowest BCUT2D eigenvalue weighted by Gasteiger charge is -2.25. The van der Waals surface area contributed by atoms with Gasteiger partial charge in [-0.2, -0.15) is 0 Å². The number of aryl methyl sites for hydroxylation is 1. The van der Waals surface area contributed by atoms with Crippen molar-refractivity contribution in [3.8, 4) is 0 Å². The van der Waals surface area contributed by atoms with Crippen LogP contribution in [0.25, 0.3) is 0 Å². The van der Waals surface area contributed by atoms with Gasteiger partial charge in [0, 0.05) is 29.5 Å². The van der Waals surface area contributed by atoms with Crippen LogP contribution in [0.3, 0.4) is 0 Å². The quantitative estimate of drug-likeness (QED) is 0.863. The Morgan fingerprint density at radius 2 is 1.78 bits per heavy atom. The predicted molar refractivity (Wildman–Crippen MR) is 95.3 cm³/mol. The van der Waals surface area contributed by atoms with Crippen molar-refractivity contribution in [3.05, 3.63) is 58.1 Å². The molecule has 2 amide bonds. The molecule has 1 aliphatic rings. The average molecular weight is 330 g/mol. The fraction of sp³-hybridized carbons (Fsp3) is 0.278. The minimum Gasteiger partial charge on any atom is -0.308 e. The monoisotopic (exact) mass is 329 g/mol. The van der Waals surface area contributed by atoms with E-state index in [1.54, 1.807) is 6.07 Å². The van der Waals surface area contributed by atoms with Crippen LogP contribution in [0.15, 0.2) is 36.4 Å². The molecule has 0 spiro atoms. The number of rotatable bonds is 2. The van der Waals surface area contributed by atoms with Crippen LogP contribution >= 0.6 is 11.6 Å². The smallest absolute Gasteiger partial charge is 0.308 e. The molecule has 0 fully saturated rings. The third kappa shape index (κ3) is 3.84. The van der Waals surface area contributed by atoms with Gasteiger partial charge in [0.05, 0.1) is 0 Å². The first-order valence-corrected chi connectivity index (χ1v) is 8.03. The molecule has 3 rings (SSSR count). The minimum atomic E-state index is -0.269. The van der Waals surface area contributed by atoms with Crippen LogP contribution in [0.1, 0.15) is 16.7 Å². The number of hydrogen-bond donors (Lipinski definition) is 2. The summed E-state index contributed by atoms with van der Waals surface area (Å²) in [5.41, 5.74) is 5.09. The lowest BCUT2D eigenvalue weighted by Crippen LogP contribution is -2.26. The van der Waals surface area contributed by atoms with E-state index in [0.29, 0.717) is 10.7 Å². The van der Waals surface area contributed by atoms with E-state index in [1.165, 1.54) is 11.1 Å². The highest BCUT2D eigenvalue weighted by molar-refractivity contribution is 6.31. The Morgan fingerprint density at radius 1 is 1.09 bits per heavy atom. The van der Waals surface area contributed by atoms with E-state index in [1.807, 2.05) is 31.2 Å². The molecular weight excluding hydrogens is 310 g/mol. The van der Waals surface area contributed by atoms with Crippen molar-refractivity contribution in [3.63, 3.8) is 0 Å². The molecule has 1 aliphatic heterocycles. The molecule has 5 heteroatoms. The number of hydrogen-bond acceptors (Lipinski definition) is 2. The van der Waals surface area contributed by atoms with Gasteiger partial charge in [-0.15, -0.1) is 0 Å². The summed E-state index contributed by atoms with van der Waals surface area (Å²) < 4.78 is 0. The molecule has 0 unspecified atom stereocenters. The van der Waals surface area contributed by atoms with E-state index < -0.39 is 0 Å². The van der Waals surface area contributed by atoms with E-state index in [9.17, 15) is 4.79 Å². The number of urea groups is 1. The maximum Gasteiger partial charge on any atom is 0.323 e. The van der Waals surface area contributed by atoms with Crippen molar-refractivity contribution in [1.29, 1.82) is 0 Å². The van der Waals surface area contributed by atoms with Crippen molar-refractivity contribution >= 4 is 29.0 Å². The summed E-state index contributed by atoms with van der Waals surface area (Å²) in [5, 5.41) is 6.32. The SMILES string of the molecule is Cc1ccc(NC(=O)Nc2ccc3c(c2)CN(C)CC3)cc1Cl. The average Bonchev–Trinajstić information content (AvgIpc) is 2.50. The summed E-state index contributed by atoms with van der Waals surface area (Å²) in [4.78, 5) is 14.4. The molecule has 2 aromatic rings. The van der Waals surface area contributed by atoms with Crippen molar-refractivity contribution in [2.75, 3.05) is 24.2 Å². The molecule has 4 nitrogen and oxygen atoms in total. The lowest BCUT2D eigenvalue weighted by molar-refractivity contribution is 0.262. The summed E-state index contributed by atoms with van der Waals surface area (Å²) in [6.07, 6.45) is 1.06. The van der Waals surface area contributed by atoms with Crippen LogP contribution < -0.4 is 10.6 Å². The Kier molecular flexibility index (Phi) is 4.55. The van der Waals surface area contributed by atoms with Crippen LogP contribution in [0.2, 0.25) is 5.02 Å². The zero-order valence-corrected chi connectivity index (χ0v) is 14.1. The molecule has 0 aliphatic carbocycles. The minimum absolute atomic E-state index is 0.269. The lowest BCUT2D eigenvalue weighted by atomic mass is 9.99. The third-order valence-corrected chi connectivity index (χ3v) is 4.50. The number of benzene rings is 2. The van der Waals surface area contributed by atoms with Gasteiger partial charge in [-0.25, -0.2) is 4.79 Å². The number of likely N-dealkylation sites (N-methyl/N-ethyl adjacent to an activating group) is 1. The van der Waals surface area contributed by atoms with E-state index >= 15 is 0 Å². The Morgan fingerprint density at radius 3 is 2.52 bits per heavy atom. The molecule has 120 valence electrons. The first-order chi connectivity index (χ1) is 11.0. The Balaban J connectivity index is 1.68. The Bertz CT molecular complexity index is 745. The van der Waals surface area contributed by atoms with Gasteiger partial charge in [0.25, 0.3) is 0 Å². The van der Waals surface area contributed by atoms with E-state index in [4.69, 9.17) is 11.6 Å². The molecule has 23 heavy (non-hydrogen) atoms. The molecule has 0 saturated carbocycles. The summed E-state index contributed by atoms with van der Waals surface area (Å²) in [6.45, 7) is 3.92. The van der Waals surface area contributed by atoms with Crippen LogP contribution in [-0.4, -0.2) is 24.5 Å². The van der Waals surface area contributed by atoms with Gasteiger partial charge in [0.15, 0.2) is 0 Å². The standard InChI is InChI=1S/C18H20ClN3O/c1-12-3-5-16(10-17(12)19)21-18(23)20-15-6-4-13-7-8-22(2)11-14(13)9-15/h3-6,9-10H,7-8,11H2,1-2H3,(H2,20,21,23). The van der Waals surface area contributed by atoms with Gasteiger partial charge in [0.1, 0.15) is 0 Å². The summed E-state index contributed by atoms with van der Waals surface area (Å²) in [7, 11) is 2.11. The zero-order chi connectivity index (χ0) is 16.4. The number of nitrogens with zero attached hydrogens (tertiary/aromatic N) is 1. The summed E-state index contributed by atoms with van der Waals surface area (Å²) >= 11 is 6.07. The van der Waals surface area contributed by atoms with Crippen LogP contribution in [0.5, 0.6) is 0 Å². The first kappa shape index (κ1) is 15.8. The van der Waals surface area contributed by atoms with Gasteiger partial charge in [-0.1, -0.05) is 23.7 Å². The maximum absolute atomic E-state index is 12.1. The molecule has 0 aromatic heterocycles. The number of carbonyl (C=O) groups is 1. The highest BCUT2D eigenvalue weighted by atomic mass is 35.5. The first-order valence-electron chi connectivity index (χ1n) is 7.66. The number of carbonyl (C=O) groups excluding carboxylic acids is 1. The van der Waals surface area contributed by atoms with Crippen LogP contribution in [0, 0.1) is 6.92 Å². The molecule has 2 N–H and O–H groups in total. The topological polar surface area (TPSA) is 44.4 Å². The van der Waals surface area contributed by atoms with Gasteiger partial charge >= 0.3 is 6.03 Å². The molecule has 0 saturated heterocycles. The largest absolute Gasteiger partial charge is 0.323 e. The molecular formula is C18H20ClN3O. The number of fused-ring (bicyclic) bond motifs is 1. The molecule has 0 atom stereocenters. The second-order valence-corrected chi connectivity index (χ2v) is 6.42. The van der Waals surface area contributed by atoms with Crippen molar-refractivity contribution in [2.24, 2.45) is 0 Å². The van der Waals surface area contributed by atoms with E-state index in [2.05, 4.69) is 28.6 Å². The third-order valence-electron chi connectivity index (χ3n) is 4.10. The van der Waals surface area contributed by atoms with Gasteiger partial charge in [-0.3, -0.25) is 0 Å². The maximum atomic E-state index is 12.1. The molecule has 0 bridgehead atoms. The van der Waals surface area contributed by atoms with Crippen molar-refractivity contribution < 1.29 is 4.79 Å². The molecule has 0 radical (unpaired) electrons. The fourth-order valence-corrected chi connectivity index (χ4v) is 2.92. The van der Waals surface area contributed by atoms with E-state index in [-0.39, 0.29) is 6.03 Å². The predicted octanol–water partition coefficient (Wildman–Crippen LogP) is 4.28. The molecule has 1 heterocycles.